The zero-order chi connectivity index (χ0) is 16.4. The lowest BCUT2D eigenvalue weighted by Gasteiger charge is -2.35. The summed E-state index contributed by atoms with van der Waals surface area (Å²) in [5.41, 5.74) is 1.10. The van der Waals surface area contributed by atoms with Gasteiger partial charge in [-0.1, -0.05) is 0 Å². The van der Waals surface area contributed by atoms with Crippen LogP contribution in [0.25, 0.3) is 0 Å². The molecular weight excluding hydrogens is 316 g/mol. The monoisotopic (exact) mass is 342 g/mol. The van der Waals surface area contributed by atoms with Gasteiger partial charge in [-0.2, -0.15) is 22.1 Å². The molecule has 2 aliphatic rings. The Hall–Kier alpha value is -0.960. The molecule has 1 aromatic rings. The van der Waals surface area contributed by atoms with Crippen LogP contribution in [0.4, 0.5) is 0 Å². The molecule has 0 aliphatic carbocycles. The molecule has 3 heterocycles. The molecule has 7 nitrogen and oxygen atoms in total. The molecule has 0 amide bonds. The van der Waals surface area contributed by atoms with Crippen molar-refractivity contribution >= 4 is 10.2 Å². The normalized spacial score (nSPS) is 25.2. The quantitative estimate of drug-likeness (QED) is 0.858. The smallest absolute Gasteiger partial charge is 0.282 e. The number of aliphatic hydroxyl groups is 1. The van der Waals surface area contributed by atoms with Gasteiger partial charge >= 0.3 is 0 Å². The standard InChI is InChI=1S/C15H26N4O3S/c1-13-3-2-8-19(13)23(21,22)17-9-5-14(6-10-17)15-4-7-16-18(15)11-12-20/h4,7,13-14,20H,2-3,5-6,8-12H2,1H3. The predicted molar refractivity (Wildman–Crippen MR) is 87.2 cm³/mol. The molecule has 2 aliphatic heterocycles. The van der Waals surface area contributed by atoms with Gasteiger partial charge in [-0.05, 0) is 38.7 Å². The van der Waals surface area contributed by atoms with Crippen LogP contribution in [0.5, 0.6) is 0 Å². The molecule has 0 aromatic carbocycles. The minimum Gasteiger partial charge on any atom is -0.394 e. The van der Waals surface area contributed by atoms with Gasteiger partial charge < -0.3 is 5.11 Å². The summed E-state index contributed by atoms with van der Waals surface area (Å²) in [7, 11) is -3.32. The zero-order valence-electron chi connectivity index (χ0n) is 13.6. The van der Waals surface area contributed by atoms with Crippen molar-refractivity contribution in [3.05, 3.63) is 18.0 Å². The highest BCUT2D eigenvalue weighted by atomic mass is 32.2. The van der Waals surface area contributed by atoms with Crippen molar-refractivity contribution in [3.63, 3.8) is 0 Å². The number of nitrogens with zero attached hydrogens (tertiary/aromatic N) is 4. The van der Waals surface area contributed by atoms with E-state index in [1.54, 1.807) is 14.8 Å². The molecule has 2 saturated heterocycles. The van der Waals surface area contributed by atoms with Gasteiger partial charge in [0.1, 0.15) is 0 Å². The van der Waals surface area contributed by atoms with E-state index in [0.717, 1.165) is 31.4 Å². The lowest BCUT2D eigenvalue weighted by Crippen LogP contribution is -2.48. The Bertz CT molecular complexity index is 622. The summed E-state index contributed by atoms with van der Waals surface area (Å²) >= 11 is 0. The van der Waals surface area contributed by atoms with Crippen LogP contribution < -0.4 is 0 Å². The van der Waals surface area contributed by atoms with Crippen molar-refractivity contribution < 1.29 is 13.5 Å². The fourth-order valence-electron chi connectivity index (χ4n) is 3.75. The van der Waals surface area contributed by atoms with Crippen LogP contribution in [-0.4, -0.2) is 64.2 Å². The van der Waals surface area contributed by atoms with Crippen LogP contribution >= 0.6 is 0 Å². The molecule has 130 valence electrons. The van der Waals surface area contributed by atoms with Crippen molar-refractivity contribution in [2.24, 2.45) is 0 Å². The van der Waals surface area contributed by atoms with E-state index in [1.807, 2.05) is 17.7 Å². The highest BCUT2D eigenvalue weighted by Gasteiger charge is 2.38. The van der Waals surface area contributed by atoms with Gasteiger partial charge in [0, 0.05) is 43.5 Å². The molecule has 0 radical (unpaired) electrons. The summed E-state index contributed by atoms with van der Waals surface area (Å²) in [6.45, 7) is 4.30. The molecule has 1 aromatic heterocycles. The third-order valence-corrected chi connectivity index (χ3v) is 7.20. The number of aromatic nitrogens is 2. The average molecular weight is 342 g/mol. The van der Waals surface area contributed by atoms with E-state index in [2.05, 4.69) is 5.10 Å². The zero-order valence-corrected chi connectivity index (χ0v) is 14.5. The van der Waals surface area contributed by atoms with E-state index in [0.29, 0.717) is 32.1 Å². The topological polar surface area (TPSA) is 78.7 Å². The molecule has 3 rings (SSSR count). The summed E-state index contributed by atoms with van der Waals surface area (Å²) in [5, 5.41) is 13.3. The first-order valence-corrected chi connectivity index (χ1v) is 9.83. The van der Waals surface area contributed by atoms with Gasteiger partial charge in [0.05, 0.1) is 13.2 Å². The Morgan fingerprint density at radius 1 is 1.26 bits per heavy atom. The molecule has 2 fully saturated rings. The summed E-state index contributed by atoms with van der Waals surface area (Å²) in [6.07, 6.45) is 5.27. The Morgan fingerprint density at radius 3 is 2.61 bits per heavy atom. The van der Waals surface area contributed by atoms with E-state index < -0.39 is 10.2 Å². The van der Waals surface area contributed by atoms with Crippen molar-refractivity contribution in [1.29, 1.82) is 0 Å². The van der Waals surface area contributed by atoms with Crippen molar-refractivity contribution in [2.75, 3.05) is 26.2 Å². The molecule has 8 heteroatoms. The Balaban J connectivity index is 1.65. The molecule has 1 atom stereocenters. The molecule has 0 spiro atoms. The van der Waals surface area contributed by atoms with Crippen molar-refractivity contribution in [2.45, 2.75) is 51.1 Å². The Morgan fingerprint density at radius 2 is 2.00 bits per heavy atom. The Labute approximate surface area is 138 Å². The number of piperidine rings is 1. The van der Waals surface area contributed by atoms with E-state index >= 15 is 0 Å². The number of hydrogen-bond donors (Lipinski definition) is 1. The SMILES string of the molecule is CC1CCCN1S(=O)(=O)N1CCC(c2ccnn2CCO)CC1. The van der Waals surface area contributed by atoms with Crippen molar-refractivity contribution in [1.82, 2.24) is 18.4 Å². The lowest BCUT2D eigenvalue weighted by molar-refractivity contribution is 0.256. The van der Waals surface area contributed by atoms with Gasteiger partial charge in [-0.15, -0.1) is 0 Å². The summed E-state index contributed by atoms with van der Waals surface area (Å²) in [6, 6.07) is 2.09. The summed E-state index contributed by atoms with van der Waals surface area (Å²) in [4.78, 5) is 0. The third kappa shape index (κ3) is 3.31. The van der Waals surface area contributed by atoms with Crippen LogP contribution in [0.3, 0.4) is 0 Å². The molecule has 23 heavy (non-hydrogen) atoms. The highest BCUT2D eigenvalue weighted by molar-refractivity contribution is 7.86. The first-order valence-electron chi connectivity index (χ1n) is 8.43. The maximum Gasteiger partial charge on any atom is 0.282 e. The van der Waals surface area contributed by atoms with E-state index in [-0.39, 0.29) is 12.6 Å². The van der Waals surface area contributed by atoms with Crippen LogP contribution in [0.15, 0.2) is 12.3 Å². The maximum atomic E-state index is 12.8. The van der Waals surface area contributed by atoms with Gasteiger partial charge in [0.15, 0.2) is 0 Å². The highest BCUT2D eigenvalue weighted by Crippen LogP contribution is 2.31. The fourth-order valence-corrected chi connectivity index (χ4v) is 5.64. The fraction of sp³-hybridized carbons (Fsp3) is 0.800. The van der Waals surface area contributed by atoms with Crippen LogP contribution in [0.2, 0.25) is 0 Å². The minimum atomic E-state index is -3.32. The third-order valence-electron chi connectivity index (χ3n) is 5.05. The molecular formula is C15H26N4O3S. The lowest BCUT2D eigenvalue weighted by atomic mass is 9.94. The van der Waals surface area contributed by atoms with Crippen molar-refractivity contribution in [3.8, 4) is 0 Å². The van der Waals surface area contributed by atoms with Gasteiger partial charge in [-0.25, -0.2) is 0 Å². The maximum absolute atomic E-state index is 12.8. The number of rotatable bonds is 5. The van der Waals surface area contributed by atoms with Gasteiger partial charge in [-0.3, -0.25) is 4.68 Å². The Kier molecular flexibility index (Phi) is 5.05. The molecule has 1 unspecified atom stereocenters. The van der Waals surface area contributed by atoms with Gasteiger partial charge in [0.2, 0.25) is 0 Å². The second-order valence-electron chi connectivity index (χ2n) is 6.49. The number of aliphatic hydroxyl groups excluding tert-OH is 1. The first kappa shape index (κ1) is 16.9. The minimum absolute atomic E-state index is 0.0642. The predicted octanol–water partition coefficient (Wildman–Crippen LogP) is 0.784. The summed E-state index contributed by atoms with van der Waals surface area (Å²) < 4.78 is 30.6. The van der Waals surface area contributed by atoms with Crippen LogP contribution in [0.1, 0.15) is 44.2 Å². The number of hydrogen-bond acceptors (Lipinski definition) is 4. The second kappa shape index (κ2) is 6.88. The van der Waals surface area contributed by atoms with E-state index in [9.17, 15) is 8.42 Å². The van der Waals surface area contributed by atoms with E-state index in [4.69, 9.17) is 5.11 Å². The first-order chi connectivity index (χ1) is 11.0. The summed E-state index contributed by atoms with van der Waals surface area (Å²) in [5.74, 6) is 0.312. The largest absolute Gasteiger partial charge is 0.394 e. The molecule has 1 N–H and O–H groups in total. The molecule has 0 saturated carbocycles. The van der Waals surface area contributed by atoms with E-state index in [1.165, 1.54) is 0 Å². The second-order valence-corrected chi connectivity index (χ2v) is 8.37. The van der Waals surface area contributed by atoms with Crippen LogP contribution in [-0.2, 0) is 16.8 Å². The average Bonchev–Trinajstić information content (AvgIpc) is 3.17. The van der Waals surface area contributed by atoms with Gasteiger partial charge in [0.25, 0.3) is 10.2 Å². The molecule has 0 bridgehead atoms. The van der Waals surface area contributed by atoms with Crippen LogP contribution in [0, 0.1) is 0 Å².